The maximum Gasteiger partial charge on any atom is 0.409 e. The second kappa shape index (κ2) is 5.97. The number of nitrogens with zero attached hydrogens (tertiary/aromatic N) is 3. The summed E-state index contributed by atoms with van der Waals surface area (Å²) in [5.41, 5.74) is 7.21. The largest absolute Gasteiger partial charge is 0.453 e. The van der Waals surface area contributed by atoms with Crippen molar-refractivity contribution in [3.63, 3.8) is 0 Å². The zero-order chi connectivity index (χ0) is 13.8. The van der Waals surface area contributed by atoms with Gasteiger partial charge in [0.05, 0.1) is 7.11 Å². The van der Waals surface area contributed by atoms with Crippen LogP contribution < -0.4 is 5.73 Å². The molecule has 2 heterocycles. The van der Waals surface area contributed by atoms with Crippen LogP contribution in [0.25, 0.3) is 0 Å². The van der Waals surface area contributed by atoms with Crippen LogP contribution in [0.2, 0.25) is 0 Å². The third-order valence-electron chi connectivity index (χ3n) is 3.56. The van der Waals surface area contributed by atoms with Gasteiger partial charge in [-0.25, -0.2) is 14.8 Å². The summed E-state index contributed by atoms with van der Waals surface area (Å²) >= 11 is 0. The Labute approximate surface area is 113 Å². The van der Waals surface area contributed by atoms with Crippen molar-refractivity contribution in [2.24, 2.45) is 5.73 Å². The first-order valence-corrected chi connectivity index (χ1v) is 6.55. The summed E-state index contributed by atoms with van der Waals surface area (Å²) in [6.45, 7) is 3.18. The number of likely N-dealkylation sites (tertiary alicyclic amines) is 1. The second-order valence-corrected chi connectivity index (χ2v) is 4.76. The fourth-order valence-corrected chi connectivity index (χ4v) is 2.43. The Morgan fingerprint density at radius 2 is 2.21 bits per heavy atom. The molecule has 0 radical (unpaired) electrons. The van der Waals surface area contributed by atoms with Gasteiger partial charge >= 0.3 is 6.09 Å². The van der Waals surface area contributed by atoms with Crippen molar-refractivity contribution in [1.29, 1.82) is 0 Å². The monoisotopic (exact) mass is 264 g/mol. The van der Waals surface area contributed by atoms with Crippen LogP contribution in [0.3, 0.4) is 0 Å². The first-order valence-electron chi connectivity index (χ1n) is 6.55. The lowest BCUT2D eigenvalue weighted by atomic mass is 9.87. The fourth-order valence-electron chi connectivity index (χ4n) is 2.43. The molecule has 0 saturated carbocycles. The Kier molecular flexibility index (Phi) is 4.31. The number of ether oxygens (including phenoxy) is 1. The summed E-state index contributed by atoms with van der Waals surface area (Å²) < 4.78 is 4.72. The maximum absolute atomic E-state index is 11.5. The van der Waals surface area contributed by atoms with Crippen molar-refractivity contribution in [1.82, 2.24) is 14.9 Å². The highest BCUT2D eigenvalue weighted by Crippen LogP contribution is 2.26. The van der Waals surface area contributed by atoms with Crippen LogP contribution in [0.5, 0.6) is 0 Å². The summed E-state index contributed by atoms with van der Waals surface area (Å²) in [6, 6.07) is -0.107. The van der Waals surface area contributed by atoms with Gasteiger partial charge in [-0.1, -0.05) is 6.92 Å². The van der Waals surface area contributed by atoms with Crippen LogP contribution in [0.15, 0.2) is 12.4 Å². The number of amides is 1. The van der Waals surface area contributed by atoms with E-state index in [0.29, 0.717) is 13.1 Å². The highest BCUT2D eigenvalue weighted by atomic mass is 16.5. The number of aryl methyl sites for hydroxylation is 1. The molecule has 1 aromatic rings. The predicted octanol–water partition coefficient (Wildman–Crippen LogP) is 0.922. The molecule has 1 aromatic heterocycles. The van der Waals surface area contributed by atoms with Gasteiger partial charge in [-0.2, -0.15) is 0 Å². The molecule has 2 atom stereocenters. The molecule has 104 valence electrons. The third kappa shape index (κ3) is 3.01. The zero-order valence-corrected chi connectivity index (χ0v) is 11.4. The summed E-state index contributed by atoms with van der Waals surface area (Å²) in [5.74, 6) is 1.04. The van der Waals surface area contributed by atoms with Gasteiger partial charge in [-0.3, -0.25) is 0 Å². The summed E-state index contributed by atoms with van der Waals surface area (Å²) in [5, 5.41) is 0. The molecule has 6 heteroatoms. The number of carbonyl (C=O) groups is 1. The van der Waals surface area contributed by atoms with Crippen LogP contribution in [-0.2, 0) is 11.2 Å². The fraction of sp³-hybridized carbons (Fsp3) is 0.615. The Balaban J connectivity index is 2.04. The van der Waals surface area contributed by atoms with E-state index in [1.54, 1.807) is 4.90 Å². The Morgan fingerprint density at radius 1 is 1.53 bits per heavy atom. The van der Waals surface area contributed by atoms with Gasteiger partial charge in [0.25, 0.3) is 0 Å². The van der Waals surface area contributed by atoms with E-state index >= 15 is 0 Å². The molecular weight excluding hydrogens is 244 g/mol. The van der Waals surface area contributed by atoms with E-state index in [1.807, 2.05) is 19.3 Å². The second-order valence-electron chi connectivity index (χ2n) is 4.76. The van der Waals surface area contributed by atoms with Crippen molar-refractivity contribution in [2.45, 2.75) is 31.7 Å². The van der Waals surface area contributed by atoms with Gasteiger partial charge in [-0.05, 0) is 12.0 Å². The van der Waals surface area contributed by atoms with Crippen molar-refractivity contribution in [3.8, 4) is 0 Å². The lowest BCUT2D eigenvalue weighted by Gasteiger charge is -2.35. The quantitative estimate of drug-likeness (QED) is 0.859. The number of carbonyl (C=O) groups excluding carboxylic acids is 1. The molecule has 0 aromatic carbocycles. The summed E-state index contributed by atoms with van der Waals surface area (Å²) in [6.07, 6.45) is 5.03. The van der Waals surface area contributed by atoms with Gasteiger partial charge in [0, 0.05) is 43.9 Å². The van der Waals surface area contributed by atoms with Crippen LogP contribution in [-0.4, -0.2) is 47.2 Å². The number of hydrogen-bond donors (Lipinski definition) is 1. The molecule has 1 aliphatic heterocycles. The molecule has 2 rings (SSSR count). The Bertz CT molecular complexity index is 435. The van der Waals surface area contributed by atoms with E-state index in [9.17, 15) is 4.79 Å². The average Bonchev–Trinajstić information content (AvgIpc) is 2.46. The molecule has 1 aliphatic rings. The normalized spacial score (nSPS) is 23.2. The van der Waals surface area contributed by atoms with Crippen LogP contribution in [0.1, 0.15) is 30.7 Å². The minimum absolute atomic E-state index is 0.107. The highest BCUT2D eigenvalue weighted by molar-refractivity contribution is 5.67. The minimum atomic E-state index is -0.313. The molecule has 2 unspecified atom stereocenters. The van der Waals surface area contributed by atoms with Crippen LogP contribution in [0.4, 0.5) is 4.79 Å². The van der Waals surface area contributed by atoms with Crippen molar-refractivity contribution >= 4 is 6.09 Å². The molecule has 1 saturated heterocycles. The van der Waals surface area contributed by atoms with Gasteiger partial charge in [-0.15, -0.1) is 0 Å². The van der Waals surface area contributed by atoms with Gasteiger partial charge in [0.1, 0.15) is 5.82 Å². The van der Waals surface area contributed by atoms with Gasteiger partial charge in [0.15, 0.2) is 0 Å². The number of hydrogen-bond acceptors (Lipinski definition) is 5. The standard InChI is InChI=1S/C13H20N4O2/c1-3-12-15-6-9(7-16-12)10-4-5-17(8-11(10)14)13(18)19-2/h6-7,10-11H,3-5,8,14H2,1-2H3. The summed E-state index contributed by atoms with van der Waals surface area (Å²) in [7, 11) is 1.39. The number of methoxy groups -OCH3 is 1. The predicted molar refractivity (Wildman–Crippen MR) is 70.7 cm³/mol. The molecule has 6 nitrogen and oxygen atoms in total. The SMILES string of the molecule is CCc1ncc(C2CCN(C(=O)OC)CC2N)cn1. The highest BCUT2D eigenvalue weighted by Gasteiger charge is 2.30. The molecule has 1 fully saturated rings. The van der Waals surface area contributed by atoms with E-state index in [2.05, 4.69) is 9.97 Å². The topological polar surface area (TPSA) is 81.3 Å². The smallest absolute Gasteiger partial charge is 0.409 e. The molecular formula is C13H20N4O2. The van der Waals surface area contributed by atoms with Crippen molar-refractivity contribution in [3.05, 3.63) is 23.8 Å². The molecule has 1 amide bonds. The Morgan fingerprint density at radius 3 is 2.74 bits per heavy atom. The van der Waals surface area contributed by atoms with E-state index in [0.717, 1.165) is 24.2 Å². The average molecular weight is 264 g/mol. The maximum atomic E-state index is 11.5. The van der Waals surface area contributed by atoms with Crippen molar-refractivity contribution < 1.29 is 9.53 Å². The number of piperidine rings is 1. The number of nitrogens with two attached hydrogens (primary N) is 1. The number of rotatable bonds is 2. The van der Waals surface area contributed by atoms with Crippen LogP contribution in [0, 0.1) is 0 Å². The molecule has 19 heavy (non-hydrogen) atoms. The lowest BCUT2D eigenvalue weighted by Crippen LogP contribution is -2.49. The van der Waals surface area contributed by atoms with Gasteiger partial charge in [0.2, 0.25) is 0 Å². The van der Waals surface area contributed by atoms with Crippen LogP contribution >= 0.6 is 0 Å². The lowest BCUT2D eigenvalue weighted by molar-refractivity contribution is 0.107. The first-order chi connectivity index (χ1) is 9.15. The molecule has 0 bridgehead atoms. The molecule has 0 spiro atoms. The molecule has 0 aliphatic carbocycles. The van der Waals surface area contributed by atoms with E-state index < -0.39 is 0 Å². The first kappa shape index (κ1) is 13.7. The van der Waals surface area contributed by atoms with Crippen molar-refractivity contribution in [2.75, 3.05) is 20.2 Å². The van der Waals surface area contributed by atoms with E-state index in [-0.39, 0.29) is 18.1 Å². The van der Waals surface area contributed by atoms with Gasteiger partial charge < -0.3 is 15.4 Å². The summed E-state index contributed by atoms with van der Waals surface area (Å²) in [4.78, 5) is 21.7. The number of aromatic nitrogens is 2. The van der Waals surface area contributed by atoms with E-state index in [1.165, 1.54) is 7.11 Å². The van der Waals surface area contributed by atoms with E-state index in [4.69, 9.17) is 10.5 Å². The zero-order valence-electron chi connectivity index (χ0n) is 11.4. The molecule has 2 N–H and O–H groups in total. The minimum Gasteiger partial charge on any atom is -0.453 e. The third-order valence-corrected chi connectivity index (χ3v) is 3.56. The Hall–Kier alpha value is -1.69.